The highest BCUT2D eigenvalue weighted by Gasteiger charge is 2.67. The summed E-state index contributed by atoms with van der Waals surface area (Å²) in [6.45, 7) is 0.519. The predicted molar refractivity (Wildman–Crippen MR) is 214 cm³/mol. The van der Waals surface area contributed by atoms with E-state index in [0.29, 0.717) is 15.9 Å². The first-order chi connectivity index (χ1) is 27.9. The number of nitrogens with one attached hydrogen (secondary N) is 1. The van der Waals surface area contributed by atoms with Gasteiger partial charge in [-0.1, -0.05) is 78.9 Å². The van der Waals surface area contributed by atoms with Crippen molar-refractivity contribution in [3.8, 4) is 0 Å². The maximum Gasteiger partial charge on any atom is 0.407 e. The summed E-state index contributed by atoms with van der Waals surface area (Å²) in [5, 5.41) is 38.2. The van der Waals surface area contributed by atoms with E-state index in [2.05, 4.69) is 5.32 Å². The van der Waals surface area contributed by atoms with Gasteiger partial charge < -0.3 is 19.9 Å². The quantitative estimate of drug-likeness (QED) is 0.0419. The number of ether oxygens (including phenoxy) is 2. The lowest BCUT2D eigenvalue weighted by Gasteiger charge is -2.52. The van der Waals surface area contributed by atoms with Crippen molar-refractivity contribution in [3.05, 3.63) is 171 Å². The molecule has 2 N–H and O–H groups in total. The van der Waals surface area contributed by atoms with Gasteiger partial charge in [0.25, 0.3) is 17.2 Å². The van der Waals surface area contributed by atoms with Crippen molar-refractivity contribution in [2.24, 2.45) is 5.92 Å². The van der Waals surface area contributed by atoms with E-state index in [1.54, 1.807) is 66.7 Å². The molecule has 1 heterocycles. The number of β-lactam (4-membered cyclic amide) rings is 1. The average molecular weight is 806 g/mol. The van der Waals surface area contributed by atoms with E-state index in [1.807, 2.05) is 36.4 Å². The fourth-order valence-corrected chi connectivity index (χ4v) is 12.2. The molecule has 0 spiro atoms. The molecule has 4 atom stereocenters. The van der Waals surface area contributed by atoms with Crippen LogP contribution < -0.4 is 21.2 Å². The van der Waals surface area contributed by atoms with Crippen molar-refractivity contribution < 1.29 is 43.6 Å². The second-order valence-corrected chi connectivity index (χ2v) is 16.9. The molecule has 0 aliphatic carbocycles. The van der Waals surface area contributed by atoms with Crippen molar-refractivity contribution in [1.82, 2.24) is 10.2 Å². The van der Waals surface area contributed by atoms with Crippen LogP contribution in [-0.4, -0.2) is 61.7 Å². The number of likely N-dealkylation sites (tertiary alicyclic amines) is 1. The van der Waals surface area contributed by atoms with Gasteiger partial charge in [0.15, 0.2) is 0 Å². The van der Waals surface area contributed by atoms with Gasteiger partial charge in [-0.25, -0.2) is 9.59 Å². The predicted octanol–water partition coefficient (Wildman–Crippen LogP) is 5.48. The summed E-state index contributed by atoms with van der Waals surface area (Å²) in [5.41, 5.74) is -0.291. The fourth-order valence-electron chi connectivity index (χ4n) is 7.47. The maximum atomic E-state index is 15.1. The molecular formula is C42H38N4O11P+. The van der Waals surface area contributed by atoms with Gasteiger partial charge >= 0.3 is 18.0 Å². The van der Waals surface area contributed by atoms with E-state index in [1.165, 1.54) is 48.2 Å². The van der Waals surface area contributed by atoms with Crippen LogP contribution in [-0.2, 0) is 37.1 Å². The Morgan fingerprint density at radius 2 is 1.12 bits per heavy atom. The lowest BCUT2D eigenvalue weighted by Crippen LogP contribution is -2.72. The summed E-state index contributed by atoms with van der Waals surface area (Å²) in [6, 6.07) is 36.5. The summed E-state index contributed by atoms with van der Waals surface area (Å²) in [5.74, 6) is -5.51. The van der Waals surface area contributed by atoms with Gasteiger partial charge in [0.2, 0.25) is 5.91 Å². The van der Waals surface area contributed by atoms with Crippen LogP contribution in [0.25, 0.3) is 0 Å². The zero-order valence-corrected chi connectivity index (χ0v) is 31.9. The summed E-state index contributed by atoms with van der Waals surface area (Å²) < 4.78 is 11.3. The van der Waals surface area contributed by atoms with Crippen LogP contribution in [0.15, 0.2) is 140 Å². The van der Waals surface area contributed by atoms with Crippen molar-refractivity contribution in [2.75, 3.05) is 0 Å². The number of hydrogen-bond donors (Lipinski definition) is 2. The highest BCUT2D eigenvalue weighted by Crippen LogP contribution is 2.63. The normalized spacial score (nSPS) is 15.9. The first kappa shape index (κ1) is 40.7. The van der Waals surface area contributed by atoms with Crippen LogP contribution in [0, 0.1) is 26.1 Å². The van der Waals surface area contributed by atoms with Crippen LogP contribution in [0.1, 0.15) is 24.5 Å². The second-order valence-electron chi connectivity index (χ2n) is 13.4. The first-order valence-corrected chi connectivity index (χ1v) is 19.9. The van der Waals surface area contributed by atoms with Gasteiger partial charge in [-0.2, -0.15) is 0 Å². The SMILES string of the molecule is CC(NC(=O)OCc1ccccc1[N+](=O)[O-])[C@@H]1C(=O)N(C(C(=O)OCc2ccccc2[N+](=O)[O-])[P+](c2ccccc2)(c2ccccc2)c2ccccc2)[C@H]1CC(=O)O. The van der Waals surface area contributed by atoms with E-state index < -0.39 is 84.5 Å². The van der Waals surface area contributed by atoms with Crippen LogP contribution in [0.5, 0.6) is 0 Å². The third kappa shape index (κ3) is 8.25. The number of alkyl carbamates (subject to hydrolysis) is 1. The number of esters is 1. The van der Waals surface area contributed by atoms with Gasteiger partial charge in [-0.3, -0.25) is 34.7 Å². The molecule has 5 aromatic rings. The Morgan fingerprint density at radius 1 is 0.707 bits per heavy atom. The van der Waals surface area contributed by atoms with Gasteiger partial charge in [0.05, 0.1) is 39.4 Å². The number of carbonyl (C=O) groups excluding carboxylic acids is 3. The van der Waals surface area contributed by atoms with E-state index in [0.717, 1.165) is 0 Å². The molecule has 1 aliphatic rings. The number of carboxylic acid groups (broad SMARTS) is 1. The third-order valence-electron chi connectivity index (χ3n) is 10.0. The van der Waals surface area contributed by atoms with E-state index >= 15 is 4.79 Å². The summed E-state index contributed by atoms with van der Waals surface area (Å²) in [6.07, 6.45) is -1.63. The number of nitrogens with zero attached hydrogens (tertiary/aromatic N) is 3. The zero-order valence-electron chi connectivity index (χ0n) is 31.0. The number of carboxylic acids is 1. The lowest BCUT2D eigenvalue weighted by molar-refractivity contribution is -0.386. The van der Waals surface area contributed by atoms with Gasteiger partial charge in [-0.05, 0) is 55.5 Å². The van der Waals surface area contributed by atoms with Crippen molar-refractivity contribution in [1.29, 1.82) is 0 Å². The third-order valence-corrected chi connectivity index (χ3v) is 14.5. The van der Waals surface area contributed by atoms with Gasteiger partial charge in [-0.15, -0.1) is 0 Å². The largest absolute Gasteiger partial charge is 0.481 e. The Hall–Kier alpha value is -6.99. The summed E-state index contributed by atoms with van der Waals surface area (Å²) in [4.78, 5) is 78.9. The molecule has 296 valence electrons. The minimum atomic E-state index is -3.42. The number of aliphatic carboxylic acids is 1. The Labute approximate surface area is 332 Å². The molecule has 0 aromatic heterocycles. The van der Waals surface area contributed by atoms with Crippen LogP contribution in [0.3, 0.4) is 0 Å². The molecule has 1 aliphatic heterocycles. The molecule has 2 amide bonds. The number of amides is 2. The minimum Gasteiger partial charge on any atom is -0.481 e. The molecular weight excluding hydrogens is 767 g/mol. The van der Waals surface area contributed by atoms with E-state index in [4.69, 9.17) is 9.47 Å². The molecule has 6 rings (SSSR count). The lowest BCUT2D eigenvalue weighted by atomic mass is 9.80. The minimum absolute atomic E-state index is 0.106. The molecule has 16 heteroatoms. The Balaban J connectivity index is 1.44. The number of rotatable bonds is 16. The Bertz CT molecular complexity index is 2220. The standard InChI is InChI=1S/C42H37N4O11P/c1-28(43-42(51)57-27-30-16-12-14-24-35(30)46(54)55)38-36(25-37(47)48)44(39(38)49)40(41(50)56-26-29-15-11-13-23-34(29)45(52)53)58(31-17-5-2-6-18-31,32-19-7-3-8-20-32)33-21-9-4-10-22-33/h2-24,28,36,38,40H,25-27H2,1H3,(H-,43,47,48,51)/p+1/t28?,36-,38-,40?/m0/s1. The molecule has 0 bridgehead atoms. The number of nitro groups is 2. The highest BCUT2D eigenvalue weighted by atomic mass is 31.2. The highest BCUT2D eigenvalue weighted by molar-refractivity contribution is 7.96. The Kier molecular flexibility index (Phi) is 12.5. The molecule has 2 unspecified atom stereocenters. The van der Waals surface area contributed by atoms with Crippen LogP contribution in [0.4, 0.5) is 16.2 Å². The molecule has 58 heavy (non-hydrogen) atoms. The second kappa shape index (κ2) is 17.9. The maximum absolute atomic E-state index is 15.1. The topological polar surface area (TPSA) is 209 Å². The smallest absolute Gasteiger partial charge is 0.407 e. The average Bonchev–Trinajstić information content (AvgIpc) is 3.23. The number of para-hydroxylation sites is 2. The number of nitro benzene ring substituents is 2. The van der Waals surface area contributed by atoms with Crippen molar-refractivity contribution in [3.63, 3.8) is 0 Å². The van der Waals surface area contributed by atoms with Crippen molar-refractivity contribution in [2.45, 2.75) is 44.4 Å². The van der Waals surface area contributed by atoms with Gasteiger partial charge in [0.1, 0.15) is 36.4 Å². The molecule has 5 aromatic carbocycles. The van der Waals surface area contributed by atoms with E-state index in [-0.39, 0.29) is 22.5 Å². The number of benzene rings is 5. The number of carbonyl (C=O) groups is 4. The van der Waals surface area contributed by atoms with Crippen LogP contribution >= 0.6 is 7.26 Å². The Morgan fingerprint density at radius 3 is 1.55 bits per heavy atom. The summed E-state index contributed by atoms with van der Waals surface area (Å²) >= 11 is 0. The summed E-state index contributed by atoms with van der Waals surface area (Å²) in [7, 11) is -3.42. The zero-order chi connectivity index (χ0) is 41.4. The van der Waals surface area contributed by atoms with Gasteiger partial charge in [0, 0.05) is 18.2 Å². The molecule has 1 saturated heterocycles. The monoisotopic (exact) mass is 805 g/mol. The molecule has 15 nitrogen and oxygen atoms in total. The van der Waals surface area contributed by atoms with E-state index in [9.17, 15) is 39.7 Å². The van der Waals surface area contributed by atoms with Crippen LogP contribution in [0.2, 0.25) is 0 Å². The fraction of sp³-hybridized carbons (Fsp3) is 0.190. The molecule has 1 fully saturated rings. The first-order valence-electron chi connectivity index (χ1n) is 18.1. The molecule has 0 radical (unpaired) electrons. The number of hydrogen-bond acceptors (Lipinski definition) is 10. The van der Waals surface area contributed by atoms with Crippen molar-refractivity contribution >= 4 is 58.5 Å². The molecule has 0 saturated carbocycles.